The molecule has 4 rings (SSSR count). The first kappa shape index (κ1) is 22.5. The summed E-state index contributed by atoms with van der Waals surface area (Å²) in [5.41, 5.74) is 6.30. The minimum Gasteiger partial charge on any atom is -0.372 e. The summed E-state index contributed by atoms with van der Waals surface area (Å²) in [6.07, 6.45) is 6.34. The van der Waals surface area contributed by atoms with Gasteiger partial charge in [0.2, 0.25) is 0 Å². The summed E-state index contributed by atoms with van der Waals surface area (Å²) in [5.74, 6) is 0.597. The highest BCUT2D eigenvalue weighted by Gasteiger charge is 2.19. The molecule has 1 saturated carbocycles. The fourth-order valence-electron chi connectivity index (χ4n) is 4.75. The number of likely N-dealkylation sites (N-methyl/N-ethyl adjacent to an activating group) is 2. The Kier molecular flexibility index (Phi) is 6.89. The lowest BCUT2D eigenvalue weighted by Gasteiger charge is -2.26. The molecule has 2 N–H and O–H groups in total. The Morgan fingerprint density at radius 3 is 2.50 bits per heavy atom. The van der Waals surface area contributed by atoms with Gasteiger partial charge in [-0.1, -0.05) is 37.5 Å². The summed E-state index contributed by atoms with van der Waals surface area (Å²) in [7, 11) is 6.32. The van der Waals surface area contributed by atoms with Crippen molar-refractivity contribution in [3.8, 4) is 0 Å². The molecule has 6 heteroatoms. The number of para-hydroxylation sites is 1. The van der Waals surface area contributed by atoms with Crippen molar-refractivity contribution in [2.45, 2.75) is 45.6 Å². The first-order chi connectivity index (χ1) is 15.4. The lowest BCUT2D eigenvalue weighted by molar-refractivity contribution is 0.319. The minimum atomic E-state index is 0.000472. The van der Waals surface area contributed by atoms with Crippen molar-refractivity contribution in [2.75, 3.05) is 44.4 Å². The molecule has 172 valence electrons. The number of nitrogens with one attached hydrogen (secondary N) is 2. The van der Waals surface area contributed by atoms with E-state index >= 15 is 0 Å². The molecule has 0 unspecified atom stereocenters. The van der Waals surface area contributed by atoms with E-state index in [9.17, 15) is 4.79 Å². The molecule has 0 amide bonds. The third kappa shape index (κ3) is 5.01. The zero-order valence-electron chi connectivity index (χ0n) is 19.9. The molecule has 0 radical (unpaired) electrons. The minimum absolute atomic E-state index is 0.000472. The number of anilines is 3. The van der Waals surface area contributed by atoms with Gasteiger partial charge in [-0.15, -0.1) is 0 Å². The predicted octanol–water partition coefficient (Wildman–Crippen LogP) is 4.96. The van der Waals surface area contributed by atoms with E-state index in [-0.39, 0.29) is 5.69 Å². The summed E-state index contributed by atoms with van der Waals surface area (Å²) in [4.78, 5) is 20.5. The van der Waals surface area contributed by atoms with Crippen LogP contribution >= 0.6 is 0 Å². The Morgan fingerprint density at radius 2 is 1.78 bits per heavy atom. The second kappa shape index (κ2) is 9.82. The second-order valence-electron chi connectivity index (χ2n) is 9.60. The van der Waals surface area contributed by atoms with Gasteiger partial charge in [0.15, 0.2) is 0 Å². The number of benzene rings is 2. The third-order valence-electron chi connectivity index (χ3n) is 6.77. The van der Waals surface area contributed by atoms with Crippen molar-refractivity contribution in [3.05, 3.63) is 52.4 Å². The molecule has 1 aliphatic carbocycles. The van der Waals surface area contributed by atoms with E-state index in [1.807, 2.05) is 10.6 Å². The molecule has 1 heterocycles. The number of aromatic amines is 1. The van der Waals surface area contributed by atoms with Crippen molar-refractivity contribution >= 4 is 28.1 Å². The number of fused-ring (bicyclic) bond motifs is 1. The summed E-state index contributed by atoms with van der Waals surface area (Å²) in [6.45, 7) is 4.78. The third-order valence-corrected chi connectivity index (χ3v) is 6.77. The smallest absolute Gasteiger partial charge is 0.326 e. The summed E-state index contributed by atoms with van der Waals surface area (Å²) in [5, 5.41) is 3.63. The van der Waals surface area contributed by atoms with Crippen LogP contribution in [-0.4, -0.2) is 48.7 Å². The Balaban J connectivity index is 1.74. The number of hydrogen-bond acceptors (Lipinski definition) is 4. The lowest BCUT2D eigenvalue weighted by Crippen LogP contribution is -2.29. The van der Waals surface area contributed by atoms with Gasteiger partial charge in [0, 0.05) is 32.4 Å². The van der Waals surface area contributed by atoms with E-state index in [1.165, 1.54) is 37.7 Å². The zero-order chi connectivity index (χ0) is 22.7. The molecular formula is C26H37N5O. The number of aryl methyl sites for hydroxylation is 1. The monoisotopic (exact) mass is 435 g/mol. The van der Waals surface area contributed by atoms with Gasteiger partial charge < -0.3 is 20.1 Å². The van der Waals surface area contributed by atoms with Gasteiger partial charge >= 0.3 is 5.69 Å². The van der Waals surface area contributed by atoms with Crippen molar-refractivity contribution in [1.29, 1.82) is 0 Å². The molecule has 1 aromatic heterocycles. The fraction of sp³-hybridized carbons (Fsp3) is 0.500. The van der Waals surface area contributed by atoms with Gasteiger partial charge in [-0.3, -0.25) is 4.57 Å². The molecule has 1 aliphatic rings. The molecule has 32 heavy (non-hydrogen) atoms. The van der Waals surface area contributed by atoms with Crippen molar-refractivity contribution < 1.29 is 0 Å². The molecule has 0 aliphatic heterocycles. The van der Waals surface area contributed by atoms with E-state index in [2.05, 4.69) is 78.5 Å². The number of H-pyrrole nitrogens is 1. The molecule has 2 aromatic carbocycles. The van der Waals surface area contributed by atoms with E-state index in [1.54, 1.807) is 0 Å². The number of hydrogen-bond donors (Lipinski definition) is 2. The van der Waals surface area contributed by atoms with Gasteiger partial charge in [-0.25, -0.2) is 4.79 Å². The molecule has 0 atom stereocenters. The SMILES string of the molecule is Cc1ccccc1Nc1cc2[nH]c(=O)n(CC3CCCCC3)c2cc1N(C)CCN(C)C. The molecule has 6 nitrogen and oxygen atoms in total. The number of nitrogens with zero attached hydrogens (tertiary/aromatic N) is 3. The maximum atomic E-state index is 12.9. The van der Waals surface area contributed by atoms with Crippen LogP contribution in [0.3, 0.4) is 0 Å². The van der Waals surface area contributed by atoms with Crippen molar-refractivity contribution in [3.63, 3.8) is 0 Å². The number of imidazole rings is 1. The van der Waals surface area contributed by atoms with Crippen molar-refractivity contribution in [2.24, 2.45) is 5.92 Å². The van der Waals surface area contributed by atoms with E-state index in [0.717, 1.165) is 47.7 Å². The molecular weight excluding hydrogens is 398 g/mol. The van der Waals surface area contributed by atoms with Gasteiger partial charge in [0.1, 0.15) is 0 Å². The van der Waals surface area contributed by atoms with Crippen LogP contribution in [0, 0.1) is 12.8 Å². The maximum absolute atomic E-state index is 12.9. The lowest BCUT2D eigenvalue weighted by atomic mass is 9.89. The van der Waals surface area contributed by atoms with Gasteiger partial charge in [-0.05, 0) is 63.5 Å². The van der Waals surface area contributed by atoms with E-state index in [4.69, 9.17) is 0 Å². The zero-order valence-corrected chi connectivity index (χ0v) is 19.9. The Labute approximate surface area is 191 Å². The predicted molar refractivity (Wildman–Crippen MR) is 135 cm³/mol. The van der Waals surface area contributed by atoms with Crippen LogP contribution in [-0.2, 0) is 6.54 Å². The number of aromatic nitrogens is 2. The highest BCUT2D eigenvalue weighted by Crippen LogP contribution is 2.34. The van der Waals surface area contributed by atoms with Crippen molar-refractivity contribution in [1.82, 2.24) is 14.5 Å². The van der Waals surface area contributed by atoms with Crippen LogP contribution in [0.25, 0.3) is 11.0 Å². The van der Waals surface area contributed by atoms with Crippen LogP contribution in [0.15, 0.2) is 41.2 Å². The largest absolute Gasteiger partial charge is 0.372 e. The highest BCUT2D eigenvalue weighted by atomic mass is 16.1. The Morgan fingerprint density at radius 1 is 1.03 bits per heavy atom. The summed E-state index contributed by atoms with van der Waals surface area (Å²) >= 11 is 0. The molecule has 1 fully saturated rings. The first-order valence-electron chi connectivity index (χ1n) is 11.9. The van der Waals surface area contributed by atoms with Gasteiger partial charge in [-0.2, -0.15) is 0 Å². The van der Waals surface area contributed by atoms with Gasteiger partial charge in [0.05, 0.1) is 22.4 Å². The van der Waals surface area contributed by atoms with E-state index in [0.29, 0.717) is 5.92 Å². The molecule has 0 spiro atoms. The summed E-state index contributed by atoms with van der Waals surface area (Å²) < 4.78 is 1.96. The highest BCUT2D eigenvalue weighted by molar-refractivity contribution is 5.90. The Bertz CT molecular complexity index is 1110. The summed E-state index contributed by atoms with van der Waals surface area (Å²) in [6, 6.07) is 12.6. The fourth-order valence-corrected chi connectivity index (χ4v) is 4.75. The molecule has 3 aromatic rings. The molecule has 0 saturated heterocycles. The number of rotatable bonds is 8. The van der Waals surface area contributed by atoms with Gasteiger partial charge in [0.25, 0.3) is 0 Å². The first-order valence-corrected chi connectivity index (χ1v) is 11.9. The molecule has 0 bridgehead atoms. The van der Waals surface area contributed by atoms with Crippen LogP contribution in [0.4, 0.5) is 17.1 Å². The van der Waals surface area contributed by atoms with Crippen LogP contribution in [0.1, 0.15) is 37.7 Å². The van der Waals surface area contributed by atoms with Crippen LogP contribution in [0.2, 0.25) is 0 Å². The normalized spacial score (nSPS) is 14.9. The average Bonchev–Trinajstić information content (AvgIpc) is 3.08. The van der Waals surface area contributed by atoms with Crippen LogP contribution in [0.5, 0.6) is 0 Å². The average molecular weight is 436 g/mol. The van der Waals surface area contributed by atoms with E-state index < -0.39 is 0 Å². The second-order valence-corrected chi connectivity index (χ2v) is 9.60. The Hall–Kier alpha value is -2.73. The quantitative estimate of drug-likeness (QED) is 0.525. The maximum Gasteiger partial charge on any atom is 0.326 e. The van der Waals surface area contributed by atoms with Crippen LogP contribution < -0.4 is 15.9 Å². The standard InChI is InChI=1S/C26H37N5O/c1-19-10-8-9-13-21(19)27-22-16-23-25(17-24(22)30(4)15-14-29(2)3)31(26(32)28-23)18-20-11-6-5-7-12-20/h8-10,13,16-17,20,27H,5-7,11-12,14-15,18H2,1-4H3,(H,28,32). The topological polar surface area (TPSA) is 56.3 Å².